The third-order valence-corrected chi connectivity index (χ3v) is 2.21. The lowest BCUT2D eigenvalue weighted by atomic mass is 10.3. The normalized spacial score (nSPS) is 11.2. The molecule has 0 aromatic carbocycles. The van der Waals surface area contributed by atoms with Gasteiger partial charge < -0.3 is 15.7 Å². The first-order valence-electron chi connectivity index (χ1n) is 5.24. The summed E-state index contributed by atoms with van der Waals surface area (Å²) in [6, 6.07) is 0. The minimum absolute atomic E-state index is 0.0409. The standard InChI is InChI=1S/C9H13F2N5O3/c1-5-6(16(18)19)7(15-8(12-2)14-5)13-3-9(10,11)4-17/h17H,3-4H2,1-2H3,(H2,12,13,14,15). The number of halogens is 2. The summed E-state index contributed by atoms with van der Waals surface area (Å²) >= 11 is 0. The van der Waals surface area contributed by atoms with Crippen molar-refractivity contribution in [1.82, 2.24) is 9.97 Å². The van der Waals surface area contributed by atoms with E-state index in [-0.39, 0.29) is 17.5 Å². The monoisotopic (exact) mass is 277 g/mol. The number of aliphatic hydroxyl groups excluding tert-OH is 1. The minimum atomic E-state index is -3.40. The Kier molecular flexibility index (Phi) is 4.48. The summed E-state index contributed by atoms with van der Waals surface area (Å²) in [6.07, 6.45) is 0. The Morgan fingerprint density at radius 2 is 2.11 bits per heavy atom. The van der Waals surface area contributed by atoms with E-state index in [0.29, 0.717) is 0 Å². The van der Waals surface area contributed by atoms with Crippen LogP contribution in [0.1, 0.15) is 5.69 Å². The summed E-state index contributed by atoms with van der Waals surface area (Å²) < 4.78 is 25.8. The van der Waals surface area contributed by atoms with Crippen molar-refractivity contribution in [2.75, 3.05) is 30.8 Å². The molecule has 0 saturated heterocycles. The molecular formula is C9H13F2N5O3. The highest BCUT2D eigenvalue weighted by Crippen LogP contribution is 2.27. The third-order valence-electron chi connectivity index (χ3n) is 2.21. The van der Waals surface area contributed by atoms with Crippen LogP contribution in [-0.4, -0.2) is 46.1 Å². The number of anilines is 2. The van der Waals surface area contributed by atoms with Crippen LogP contribution in [-0.2, 0) is 0 Å². The molecule has 19 heavy (non-hydrogen) atoms. The Hall–Kier alpha value is -2.10. The van der Waals surface area contributed by atoms with Gasteiger partial charge in [-0.3, -0.25) is 10.1 Å². The quantitative estimate of drug-likeness (QED) is 0.520. The highest BCUT2D eigenvalue weighted by atomic mass is 19.3. The van der Waals surface area contributed by atoms with Crippen molar-refractivity contribution in [3.8, 4) is 0 Å². The summed E-state index contributed by atoms with van der Waals surface area (Å²) in [5.74, 6) is -3.65. The average Bonchev–Trinajstić information content (AvgIpc) is 2.35. The first-order chi connectivity index (χ1) is 8.80. The largest absolute Gasteiger partial charge is 0.390 e. The molecular weight excluding hydrogens is 264 g/mol. The molecule has 1 aromatic heterocycles. The summed E-state index contributed by atoms with van der Waals surface area (Å²) in [6.45, 7) is -0.962. The van der Waals surface area contributed by atoms with Gasteiger partial charge in [-0.05, 0) is 6.92 Å². The van der Waals surface area contributed by atoms with Crippen LogP contribution < -0.4 is 10.6 Å². The lowest BCUT2D eigenvalue weighted by Gasteiger charge is -2.15. The fourth-order valence-electron chi connectivity index (χ4n) is 1.29. The number of aryl methyl sites for hydroxylation is 1. The van der Waals surface area contributed by atoms with Gasteiger partial charge in [0.2, 0.25) is 11.8 Å². The summed E-state index contributed by atoms with van der Waals surface area (Å²) in [5, 5.41) is 24.0. The fraction of sp³-hybridized carbons (Fsp3) is 0.556. The van der Waals surface area contributed by atoms with Gasteiger partial charge in [-0.15, -0.1) is 0 Å². The Labute approximate surface area is 107 Å². The maximum absolute atomic E-state index is 12.9. The van der Waals surface area contributed by atoms with Crippen LogP contribution in [0.2, 0.25) is 0 Å². The molecule has 0 aliphatic carbocycles. The van der Waals surface area contributed by atoms with E-state index in [4.69, 9.17) is 5.11 Å². The number of nitrogens with one attached hydrogen (secondary N) is 2. The number of aromatic nitrogens is 2. The molecule has 0 aliphatic rings. The van der Waals surface area contributed by atoms with Gasteiger partial charge in [0.25, 0.3) is 5.92 Å². The molecule has 0 amide bonds. The van der Waals surface area contributed by atoms with E-state index in [1.54, 1.807) is 0 Å². The summed E-state index contributed by atoms with van der Waals surface area (Å²) in [4.78, 5) is 17.6. The van der Waals surface area contributed by atoms with E-state index < -0.39 is 29.7 Å². The molecule has 3 N–H and O–H groups in total. The number of hydrogen-bond acceptors (Lipinski definition) is 7. The molecule has 1 aromatic rings. The van der Waals surface area contributed by atoms with Crippen LogP contribution in [0.5, 0.6) is 0 Å². The van der Waals surface area contributed by atoms with E-state index in [2.05, 4.69) is 20.6 Å². The molecule has 1 rings (SSSR count). The topological polar surface area (TPSA) is 113 Å². The van der Waals surface area contributed by atoms with Crippen LogP contribution in [0.4, 0.5) is 26.2 Å². The zero-order chi connectivity index (χ0) is 14.6. The van der Waals surface area contributed by atoms with Crippen molar-refractivity contribution in [3.05, 3.63) is 15.8 Å². The molecule has 0 atom stereocenters. The Balaban J connectivity index is 3.10. The zero-order valence-electron chi connectivity index (χ0n) is 10.3. The smallest absolute Gasteiger partial charge is 0.332 e. The molecule has 0 spiro atoms. The first kappa shape index (κ1) is 15.0. The Bertz CT molecular complexity index is 483. The number of nitrogens with zero attached hydrogens (tertiary/aromatic N) is 3. The number of nitro groups is 1. The van der Waals surface area contributed by atoms with Crippen molar-refractivity contribution in [2.24, 2.45) is 0 Å². The van der Waals surface area contributed by atoms with Crippen LogP contribution in [0.3, 0.4) is 0 Å². The molecule has 0 radical (unpaired) electrons. The summed E-state index contributed by atoms with van der Waals surface area (Å²) in [7, 11) is 1.49. The molecule has 10 heteroatoms. The van der Waals surface area contributed by atoms with E-state index in [1.165, 1.54) is 14.0 Å². The fourth-order valence-corrected chi connectivity index (χ4v) is 1.29. The average molecular weight is 277 g/mol. The SMILES string of the molecule is CNc1nc(C)c([N+](=O)[O-])c(NCC(F)(F)CO)n1. The molecule has 0 bridgehead atoms. The van der Waals surface area contributed by atoms with Gasteiger partial charge in [-0.1, -0.05) is 0 Å². The molecule has 8 nitrogen and oxygen atoms in total. The molecule has 106 valence electrons. The van der Waals surface area contributed by atoms with Crippen molar-refractivity contribution >= 4 is 17.5 Å². The van der Waals surface area contributed by atoms with Crippen LogP contribution >= 0.6 is 0 Å². The third kappa shape index (κ3) is 3.68. The molecule has 0 aliphatic heterocycles. The lowest BCUT2D eigenvalue weighted by molar-refractivity contribution is -0.385. The van der Waals surface area contributed by atoms with E-state index in [0.717, 1.165) is 0 Å². The molecule has 0 saturated carbocycles. The van der Waals surface area contributed by atoms with Gasteiger partial charge in [0, 0.05) is 7.05 Å². The van der Waals surface area contributed by atoms with Crippen molar-refractivity contribution in [2.45, 2.75) is 12.8 Å². The molecule has 1 heterocycles. The predicted molar refractivity (Wildman–Crippen MR) is 63.5 cm³/mol. The van der Waals surface area contributed by atoms with Gasteiger partial charge in [0.1, 0.15) is 12.3 Å². The van der Waals surface area contributed by atoms with Crippen molar-refractivity contribution < 1.29 is 18.8 Å². The number of rotatable bonds is 6. The van der Waals surface area contributed by atoms with E-state index in [1.807, 2.05) is 0 Å². The molecule has 0 unspecified atom stereocenters. The highest BCUT2D eigenvalue weighted by molar-refractivity contribution is 5.60. The Morgan fingerprint density at radius 3 is 2.58 bits per heavy atom. The van der Waals surface area contributed by atoms with Gasteiger partial charge in [-0.25, -0.2) is 13.8 Å². The first-order valence-corrected chi connectivity index (χ1v) is 5.24. The summed E-state index contributed by atoms with van der Waals surface area (Å²) in [5.41, 5.74) is -0.438. The zero-order valence-corrected chi connectivity index (χ0v) is 10.3. The minimum Gasteiger partial charge on any atom is -0.390 e. The maximum atomic E-state index is 12.9. The second-order valence-electron chi connectivity index (χ2n) is 3.70. The Morgan fingerprint density at radius 1 is 1.47 bits per heavy atom. The van der Waals surface area contributed by atoms with Gasteiger partial charge in [0.05, 0.1) is 11.5 Å². The van der Waals surface area contributed by atoms with Crippen molar-refractivity contribution in [3.63, 3.8) is 0 Å². The van der Waals surface area contributed by atoms with Crippen LogP contribution in [0, 0.1) is 17.0 Å². The second-order valence-corrected chi connectivity index (χ2v) is 3.70. The highest BCUT2D eigenvalue weighted by Gasteiger charge is 2.30. The lowest BCUT2D eigenvalue weighted by Crippen LogP contribution is -2.31. The number of alkyl halides is 2. The van der Waals surface area contributed by atoms with Gasteiger partial charge >= 0.3 is 5.69 Å². The number of hydrogen-bond donors (Lipinski definition) is 3. The van der Waals surface area contributed by atoms with Gasteiger partial charge in [-0.2, -0.15) is 4.98 Å². The second kappa shape index (κ2) is 5.69. The predicted octanol–water partition coefficient (Wildman–Crippen LogP) is 0.774. The molecule has 0 fully saturated rings. The van der Waals surface area contributed by atoms with Gasteiger partial charge in [0.15, 0.2) is 0 Å². The van der Waals surface area contributed by atoms with E-state index in [9.17, 15) is 18.9 Å². The van der Waals surface area contributed by atoms with E-state index >= 15 is 0 Å². The number of aliphatic hydroxyl groups is 1. The van der Waals surface area contributed by atoms with Crippen LogP contribution in [0.25, 0.3) is 0 Å². The van der Waals surface area contributed by atoms with Crippen molar-refractivity contribution in [1.29, 1.82) is 0 Å². The van der Waals surface area contributed by atoms with Crippen LogP contribution in [0.15, 0.2) is 0 Å². The maximum Gasteiger partial charge on any atom is 0.332 e.